The number of nitrogens with zero attached hydrogens (tertiary/aromatic N) is 4. The molecule has 7 heteroatoms. The van der Waals surface area contributed by atoms with Crippen LogP contribution in [0.3, 0.4) is 0 Å². The minimum atomic E-state index is -0.352. The Morgan fingerprint density at radius 2 is 1.81 bits per heavy atom. The zero-order valence-corrected chi connectivity index (χ0v) is 17.4. The van der Waals surface area contributed by atoms with Crippen molar-refractivity contribution in [3.63, 3.8) is 0 Å². The second kappa shape index (κ2) is 8.49. The van der Waals surface area contributed by atoms with Gasteiger partial charge in [0.25, 0.3) is 0 Å². The van der Waals surface area contributed by atoms with E-state index >= 15 is 0 Å². The van der Waals surface area contributed by atoms with Crippen LogP contribution in [0.2, 0.25) is 0 Å². The first-order valence-corrected chi connectivity index (χ1v) is 10.7. The quantitative estimate of drug-likeness (QED) is 0.443. The highest BCUT2D eigenvalue weighted by atomic mass is 19.1. The number of aromatic nitrogens is 3. The molecule has 162 valence electrons. The van der Waals surface area contributed by atoms with Gasteiger partial charge in [0.15, 0.2) is 5.65 Å². The maximum Gasteiger partial charge on any atom is 0.153 e. The number of ketones is 1. The van der Waals surface area contributed by atoms with Gasteiger partial charge < -0.3 is 4.90 Å². The summed E-state index contributed by atoms with van der Waals surface area (Å²) in [7, 11) is 0. The Morgan fingerprint density at radius 1 is 1.00 bits per heavy atom. The Hall–Kier alpha value is -3.61. The fraction of sp³-hybridized carbons (Fsp3) is 0.240. The van der Waals surface area contributed by atoms with E-state index in [1.165, 1.54) is 18.2 Å². The first-order valence-electron chi connectivity index (χ1n) is 10.7. The summed E-state index contributed by atoms with van der Waals surface area (Å²) < 4.78 is 28.9. The van der Waals surface area contributed by atoms with E-state index in [2.05, 4.69) is 9.88 Å². The second-order valence-electron chi connectivity index (χ2n) is 8.14. The predicted molar refractivity (Wildman–Crippen MR) is 118 cm³/mol. The number of fused-ring (bicyclic) bond motifs is 1. The van der Waals surface area contributed by atoms with E-state index < -0.39 is 0 Å². The summed E-state index contributed by atoms with van der Waals surface area (Å²) in [5.41, 5.74) is 2.92. The molecule has 1 aliphatic rings. The van der Waals surface area contributed by atoms with E-state index in [4.69, 9.17) is 5.10 Å². The van der Waals surface area contributed by atoms with E-state index in [1.807, 2.05) is 18.2 Å². The molecule has 2 aromatic heterocycles. The lowest BCUT2D eigenvalue weighted by molar-refractivity contribution is -0.117. The molecule has 0 unspecified atom stereocenters. The van der Waals surface area contributed by atoms with Gasteiger partial charge in [-0.15, -0.1) is 5.10 Å². The van der Waals surface area contributed by atoms with Crippen molar-refractivity contribution in [1.29, 1.82) is 0 Å². The Labute approximate surface area is 184 Å². The van der Waals surface area contributed by atoms with Crippen LogP contribution in [0.15, 0.2) is 66.9 Å². The number of Topliss-reactive ketones (excluding diaryl/α,β-unsaturated/α-hetero) is 1. The van der Waals surface area contributed by atoms with Gasteiger partial charge in [-0.3, -0.25) is 4.79 Å². The molecule has 5 nitrogen and oxygen atoms in total. The van der Waals surface area contributed by atoms with E-state index in [1.54, 1.807) is 35.0 Å². The molecule has 0 saturated carbocycles. The molecule has 0 amide bonds. The van der Waals surface area contributed by atoms with Crippen molar-refractivity contribution in [2.45, 2.75) is 31.7 Å². The topological polar surface area (TPSA) is 50.5 Å². The largest absolute Gasteiger partial charge is 0.348 e. The molecule has 0 radical (unpaired) electrons. The van der Waals surface area contributed by atoms with E-state index in [-0.39, 0.29) is 36.3 Å². The molecular formula is C25H22F2N4O. The highest BCUT2D eigenvalue weighted by Crippen LogP contribution is 2.35. The Balaban J connectivity index is 1.39. The van der Waals surface area contributed by atoms with Crippen LogP contribution in [-0.2, 0) is 17.6 Å². The van der Waals surface area contributed by atoms with Crippen molar-refractivity contribution in [3.8, 4) is 0 Å². The van der Waals surface area contributed by atoms with Crippen LogP contribution >= 0.6 is 0 Å². The van der Waals surface area contributed by atoms with Gasteiger partial charge >= 0.3 is 0 Å². The molecule has 0 bridgehead atoms. The maximum absolute atomic E-state index is 13.8. The molecule has 32 heavy (non-hydrogen) atoms. The van der Waals surface area contributed by atoms with E-state index in [0.717, 1.165) is 30.8 Å². The number of imidazole rings is 1. The average Bonchev–Trinajstić information content (AvgIpc) is 3.41. The number of anilines is 1. The zero-order valence-electron chi connectivity index (χ0n) is 17.4. The summed E-state index contributed by atoms with van der Waals surface area (Å²) in [6.45, 7) is 0.822. The number of carbonyl (C=O) groups is 1. The second-order valence-corrected chi connectivity index (χ2v) is 8.14. The molecule has 1 saturated heterocycles. The monoisotopic (exact) mass is 432 g/mol. The first kappa shape index (κ1) is 20.3. The van der Waals surface area contributed by atoms with Crippen LogP contribution in [0.4, 0.5) is 14.6 Å². The molecule has 3 heterocycles. The van der Waals surface area contributed by atoms with Crippen molar-refractivity contribution in [1.82, 2.24) is 14.6 Å². The molecule has 0 aliphatic carbocycles. The molecule has 4 aromatic rings. The summed E-state index contributed by atoms with van der Waals surface area (Å²) >= 11 is 0. The van der Waals surface area contributed by atoms with Gasteiger partial charge in [0.05, 0.1) is 24.4 Å². The normalized spacial score (nSPS) is 16.1. The van der Waals surface area contributed by atoms with Crippen molar-refractivity contribution >= 4 is 17.2 Å². The highest BCUT2D eigenvalue weighted by molar-refractivity contribution is 5.82. The third-order valence-corrected chi connectivity index (χ3v) is 5.87. The van der Waals surface area contributed by atoms with Crippen LogP contribution in [0.5, 0.6) is 0 Å². The molecule has 0 spiro atoms. The lowest BCUT2D eigenvalue weighted by atomic mass is 10.0. The summed E-state index contributed by atoms with van der Waals surface area (Å²) in [6, 6.07) is 16.6. The average molecular weight is 432 g/mol. The smallest absolute Gasteiger partial charge is 0.153 e. The molecule has 5 rings (SSSR count). The lowest BCUT2D eigenvalue weighted by Gasteiger charge is -2.26. The Kier molecular flexibility index (Phi) is 5.39. The number of rotatable bonds is 6. The van der Waals surface area contributed by atoms with Crippen molar-refractivity contribution < 1.29 is 13.6 Å². The molecular weight excluding hydrogens is 410 g/mol. The summed E-state index contributed by atoms with van der Waals surface area (Å²) in [4.78, 5) is 19.2. The molecule has 2 aromatic carbocycles. The SMILES string of the molecule is O=C(Cc1cccc(F)c1)Cc1cnc2ccc(N3CCC[C@@H]3c3cccc(F)c3)nn12. The van der Waals surface area contributed by atoms with Gasteiger partial charge in [0.2, 0.25) is 0 Å². The third kappa shape index (κ3) is 4.10. The van der Waals surface area contributed by atoms with Gasteiger partial charge in [-0.25, -0.2) is 18.3 Å². The number of benzene rings is 2. The van der Waals surface area contributed by atoms with E-state index in [9.17, 15) is 13.6 Å². The Bertz CT molecular complexity index is 1290. The van der Waals surface area contributed by atoms with Crippen LogP contribution in [-0.4, -0.2) is 26.9 Å². The van der Waals surface area contributed by atoms with Gasteiger partial charge in [-0.05, 0) is 60.4 Å². The minimum absolute atomic E-state index is 0.0385. The third-order valence-electron chi connectivity index (χ3n) is 5.87. The van der Waals surface area contributed by atoms with Crippen LogP contribution in [0.25, 0.3) is 5.65 Å². The predicted octanol–water partition coefficient (Wildman–Crippen LogP) is 4.70. The summed E-state index contributed by atoms with van der Waals surface area (Å²) in [5, 5.41) is 4.76. The number of hydrogen-bond donors (Lipinski definition) is 0. The standard InChI is InChI=1S/C25H22F2N4O/c26-19-6-1-4-17(12-19)13-22(32)15-21-16-28-24-9-10-25(29-31(21)24)30-11-3-8-23(30)18-5-2-7-20(27)14-18/h1-2,4-7,9-10,12,14,16,23H,3,8,11,13,15H2/t23-/m1/s1. The van der Waals surface area contributed by atoms with Crippen LogP contribution in [0, 0.1) is 11.6 Å². The van der Waals surface area contributed by atoms with Gasteiger partial charge in [-0.1, -0.05) is 24.3 Å². The maximum atomic E-state index is 13.8. The lowest BCUT2D eigenvalue weighted by Crippen LogP contribution is -2.24. The van der Waals surface area contributed by atoms with Crippen LogP contribution in [0.1, 0.15) is 35.7 Å². The number of carbonyl (C=O) groups excluding carboxylic acids is 1. The van der Waals surface area contributed by atoms with Crippen LogP contribution < -0.4 is 4.90 Å². The minimum Gasteiger partial charge on any atom is -0.348 e. The van der Waals surface area contributed by atoms with Crippen molar-refractivity contribution in [3.05, 3.63) is 95.3 Å². The summed E-state index contributed by atoms with van der Waals surface area (Å²) in [5.74, 6) is 0.130. The van der Waals surface area contributed by atoms with E-state index in [0.29, 0.717) is 16.9 Å². The molecule has 1 fully saturated rings. The first-order chi connectivity index (χ1) is 15.6. The van der Waals surface area contributed by atoms with Gasteiger partial charge in [0, 0.05) is 13.0 Å². The highest BCUT2D eigenvalue weighted by Gasteiger charge is 2.28. The Morgan fingerprint density at radius 3 is 2.62 bits per heavy atom. The summed E-state index contributed by atoms with van der Waals surface area (Å²) in [6.07, 6.45) is 3.87. The number of halogens is 2. The fourth-order valence-corrected chi connectivity index (χ4v) is 4.43. The molecule has 0 N–H and O–H groups in total. The molecule has 1 atom stereocenters. The van der Waals surface area contributed by atoms with Gasteiger partial charge in [-0.2, -0.15) is 0 Å². The van der Waals surface area contributed by atoms with Crippen molar-refractivity contribution in [2.24, 2.45) is 0 Å². The zero-order chi connectivity index (χ0) is 22.1. The van der Waals surface area contributed by atoms with Crippen molar-refractivity contribution in [2.75, 3.05) is 11.4 Å². The molecule has 1 aliphatic heterocycles. The fourth-order valence-electron chi connectivity index (χ4n) is 4.43. The van der Waals surface area contributed by atoms with Gasteiger partial charge in [0.1, 0.15) is 23.2 Å². The number of hydrogen-bond acceptors (Lipinski definition) is 4.